The highest BCUT2D eigenvalue weighted by atomic mass is 16.5. The highest BCUT2D eigenvalue weighted by Crippen LogP contribution is 2.14. The monoisotopic (exact) mass is 211 g/mol. The van der Waals surface area contributed by atoms with Crippen molar-refractivity contribution in [2.75, 3.05) is 6.61 Å². The van der Waals surface area contributed by atoms with E-state index in [4.69, 9.17) is 0 Å². The molecule has 1 N–H and O–H groups in total. The van der Waals surface area contributed by atoms with Gasteiger partial charge in [0.25, 0.3) is 0 Å². The number of carbonyl (C=O) groups is 2. The first kappa shape index (κ1) is 11.8. The summed E-state index contributed by atoms with van der Waals surface area (Å²) in [5.41, 5.74) is 0.940. The molecule has 1 amide bonds. The SMILES string of the molecule is CCOC(=O)CC(=O)NC1=CCCCC1. The van der Waals surface area contributed by atoms with Crippen LogP contribution in [0.4, 0.5) is 0 Å². The maximum absolute atomic E-state index is 11.3. The smallest absolute Gasteiger partial charge is 0.315 e. The number of carbonyl (C=O) groups excluding carboxylic acids is 2. The molecule has 0 fully saturated rings. The molecule has 84 valence electrons. The summed E-state index contributed by atoms with van der Waals surface area (Å²) in [7, 11) is 0. The van der Waals surface area contributed by atoms with Gasteiger partial charge in [0.05, 0.1) is 6.61 Å². The highest BCUT2D eigenvalue weighted by Gasteiger charge is 2.12. The lowest BCUT2D eigenvalue weighted by molar-refractivity contribution is -0.145. The number of allylic oxidation sites excluding steroid dienone is 2. The molecule has 0 aliphatic heterocycles. The maximum atomic E-state index is 11.3. The molecule has 0 aromatic carbocycles. The molecule has 0 saturated heterocycles. The van der Waals surface area contributed by atoms with Gasteiger partial charge in [0.1, 0.15) is 6.42 Å². The average molecular weight is 211 g/mol. The number of nitrogens with one attached hydrogen (secondary N) is 1. The van der Waals surface area contributed by atoms with E-state index in [9.17, 15) is 9.59 Å². The third-order valence-electron chi connectivity index (χ3n) is 2.20. The van der Waals surface area contributed by atoms with Crippen LogP contribution >= 0.6 is 0 Å². The van der Waals surface area contributed by atoms with Gasteiger partial charge in [-0.1, -0.05) is 6.08 Å². The molecule has 1 aliphatic rings. The normalized spacial score (nSPS) is 15.4. The minimum absolute atomic E-state index is 0.189. The van der Waals surface area contributed by atoms with Crippen LogP contribution in [0.15, 0.2) is 11.8 Å². The average Bonchev–Trinajstić information content (AvgIpc) is 2.19. The fourth-order valence-electron chi connectivity index (χ4n) is 1.52. The van der Waals surface area contributed by atoms with Crippen LogP contribution in [0.3, 0.4) is 0 Å². The summed E-state index contributed by atoms with van der Waals surface area (Å²) in [6.45, 7) is 2.04. The number of rotatable bonds is 4. The van der Waals surface area contributed by atoms with Gasteiger partial charge in [0.2, 0.25) is 5.91 Å². The molecule has 1 aliphatic carbocycles. The van der Waals surface area contributed by atoms with Crippen LogP contribution in [0.1, 0.15) is 39.0 Å². The molecule has 0 heterocycles. The minimum Gasteiger partial charge on any atom is -0.466 e. The van der Waals surface area contributed by atoms with Crippen LogP contribution in [0, 0.1) is 0 Å². The van der Waals surface area contributed by atoms with Crippen LogP contribution in [0.25, 0.3) is 0 Å². The largest absolute Gasteiger partial charge is 0.466 e. The Balaban J connectivity index is 2.29. The molecule has 4 heteroatoms. The zero-order valence-electron chi connectivity index (χ0n) is 9.04. The van der Waals surface area contributed by atoms with E-state index in [1.807, 2.05) is 6.08 Å². The van der Waals surface area contributed by atoms with Gasteiger partial charge in [-0.05, 0) is 32.6 Å². The Morgan fingerprint density at radius 2 is 2.27 bits per heavy atom. The fraction of sp³-hybridized carbons (Fsp3) is 0.636. The number of ether oxygens (including phenoxy) is 1. The molecular formula is C11H17NO3. The summed E-state index contributed by atoms with van der Waals surface area (Å²) < 4.78 is 4.68. The predicted octanol–water partition coefficient (Wildman–Crippen LogP) is 1.51. The number of hydrogen-bond donors (Lipinski definition) is 1. The van der Waals surface area contributed by atoms with Gasteiger partial charge < -0.3 is 10.1 Å². The summed E-state index contributed by atoms with van der Waals surface area (Å²) in [5.74, 6) is -0.743. The number of esters is 1. The van der Waals surface area contributed by atoms with Crippen LogP contribution in [0.2, 0.25) is 0 Å². The van der Waals surface area contributed by atoms with Crippen molar-refractivity contribution in [2.24, 2.45) is 0 Å². The second-order valence-electron chi connectivity index (χ2n) is 3.51. The van der Waals surface area contributed by atoms with Crippen molar-refractivity contribution < 1.29 is 14.3 Å². The zero-order valence-corrected chi connectivity index (χ0v) is 9.04. The Morgan fingerprint density at radius 3 is 2.87 bits per heavy atom. The molecular weight excluding hydrogens is 194 g/mol. The summed E-state index contributed by atoms with van der Waals surface area (Å²) in [6.07, 6.45) is 6.02. The minimum atomic E-state index is -0.466. The molecule has 0 unspecified atom stereocenters. The van der Waals surface area contributed by atoms with Crippen molar-refractivity contribution >= 4 is 11.9 Å². The van der Waals surface area contributed by atoms with E-state index in [0.717, 1.165) is 25.0 Å². The van der Waals surface area contributed by atoms with Crippen molar-refractivity contribution in [3.8, 4) is 0 Å². The lowest BCUT2D eigenvalue weighted by atomic mass is 10.0. The van der Waals surface area contributed by atoms with Crippen LogP contribution in [-0.4, -0.2) is 18.5 Å². The Hall–Kier alpha value is -1.32. The first-order valence-electron chi connectivity index (χ1n) is 5.37. The molecule has 0 atom stereocenters. The summed E-state index contributed by atoms with van der Waals surface area (Å²) >= 11 is 0. The Kier molecular flexibility index (Phi) is 4.87. The van der Waals surface area contributed by atoms with E-state index in [2.05, 4.69) is 10.1 Å². The van der Waals surface area contributed by atoms with Gasteiger partial charge >= 0.3 is 5.97 Å². The summed E-state index contributed by atoms with van der Waals surface area (Å²) in [5, 5.41) is 2.73. The van der Waals surface area contributed by atoms with Crippen molar-refractivity contribution in [2.45, 2.75) is 39.0 Å². The van der Waals surface area contributed by atoms with E-state index >= 15 is 0 Å². The van der Waals surface area contributed by atoms with Gasteiger partial charge in [0, 0.05) is 5.70 Å². The van der Waals surface area contributed by atoms with E-state index in [-0.39, 0.29) is 12.3 Å². The lowest BCUT2D eigenvalue weighted by Gasteiger charge is -2.13. The second-order valence-corrected chi connectivity index (χ2v) is 3.51. The molecule has 0 aromatic rings. The molecule has 0 radical (unpaired) electrons. The lowest BCUT2D eigenvalue weighted by Crippen LogP contribution is -2.26. The van der Waals surface area contributed by atoms with Gasteiger partial charge in [-0.2, -0.15) is 0 Å². The number of hydrogen-bond acceptors (Lipinski definition) is 3. The van der Waals surface area contributed by atoms with Gasteiger partial charge in [-0.3, -0.25) is 9.59 Å². The van der Waals surface area contributed by atoms with Crippen molar-refractivity contribution in [1.29, 1.82) is 0 Å². The van der Waals surface area contributed by atoms with E-state index < -0.39 is 5.97 Å². The second kappa shape index (κ2) is 6.22. The highest BCUT2D eigenvalue weighted by molar-refractivity contribution is 5.94. The molecule has 0 spiro atoms. The van der Waals surface area contributed by atoms with Crippen LogP contribution in [0.5, 0.6) is 0 Å². The van der Waals surface area contributed by atoms with Gasteiger partial charge in [-0.15, -0.1) is 0 Å². The Bertz CT molecular complexity index is 271. The predicted molar refractivity (Wildman–Crippen MR) is 55.9 cm³/mol. The van der Waals surface area contributed by atoms with Gasteiger partial charge in [0.15, 0.2) is 0 Å². The van der Waals surface area contributed by atoms with Crippen LogP contribution < -0.4 is 5.32 Å². The molecule has 15 heavy (non-hydrogen) atoms. The summed E-state index contributed by atoms with van der Waals surface area (Å²) in [6, 6.07) is 0. The van der Waals surface area contributed by atoms with Crippen molar-refractivity contribution in [1.82, 2.24) is 5.32 Å². The van der Waals surface area contributed by atoms with Gasteiger partial charge in [-0.25, -0.2) is 0 Å². The third kappa shape index (κ3) is 4.63. The number of amides is 1. The van der Waals surface area contributed by atoms with Crippen LogP contribution in [-0.2, 0) is 14.3 Å². The maximum Gasteiger partial charge on any atom is 0.315 e. The summed E-state index contributed by atoms with van der Waals surface area (Å²) in [4.78, 5) is 22.3. The zero-order chi connectivity index (χ0) is 11.1. The van der Waals surface area contributed by atoms with E-state index in [0.29, 0.717) is 6.61 Å². The van der Waals surface area contributed by atoms with Crippen molar-refractivity contribution in [3.05, 3.63) is 11.8 Å². The quantitative estimate of drug-likeness (QED) is 0.566. The molecule has 1 rings (SSSR count). The Morgan fingerprint density at radius 1 is 1.47 bits per heavy atom. The topological polar surface area (TPSA) is 55.4 Å². The fourth-order valence-corrected chi connectivity index (χ4v) is 1.52. The van der Waals surface area contributed by atoms with E-state index in [1.54, 1.807) is 6.92 Å². The molecule has 4 nitrogen and oxygen atoms in total. The first-order chi connectivity index (χ1) is 7.22. The van der Waals surface area contributed by atoms with E-state index in [1.165, 1.54) is 6.42 Å². The Labute approximate surface area is 89.7 Å². The van der Waals surface area contributed by atoms with Crippen molar-refractivity contribution in [3.63, 3.8) is 0 Å². The molecule has 0 saturated carbocycles. The molecule has 0 aromatic heterocycles. The standard InChI is InChI=1S/C11H17NO3/c1-2-15-11(14)8-10(13)12-9-6-4-3-5-7-9/h6H,2-5,7-8H2,1H3,(H,12,13). The first-order valence-corrected chi connectivity index (χ1v) is 5.37. The molecule has 0 bridgehead atoms. The third-order valence-corrected chi connectivity index (χ3v) is 2.20.